The van der Waals surface area contributed by atoms with Crippen molar-refractivity contribution in [3.63, 3.8) is 0 Å². The van der Waals surface area contributed by atoms with Crippen molar-refractivity contribution in [2.75, 3.05) is 33.4 Å². The van der Waals surface area contributed by atoms with Gasteiger partial charge in [-0.15, -0.1) is 0 Å². The minimum Gasteiger partial charge on any atom is -0.381 e. The molecule has 20 heavy (non-hydrogen) atoms. The average Bonchev–Trinajstić information content (AvgIpc) is 2.48. The summed E-state index contributed by atoms with van der Waals surface area (Å²) < 4.78 is 5.32. The fourth-order valence-corrected chi connectivity index (χ4v) is 3.27. The first-order valence-electron chi connectivity index (χ1n) is 7.99. The standard InChI is InChI=1S/C15H29N3O2/c1-12(16-2)14-5-3-4-8-18(14)11-15(19)17-13-6-9-20-10-7-13/h12-14,16H,3-11H2,1-2H3,(H,17,19). The van der Waals surface area contributed by atoms with Gasteiger partial charge in [-0.25, -0.2) is 0 Å². The monoisotopic (exact) mass is 283 g/mol. The molecule has 2 unspecified atom stereocenters. The SMILES string of the molecule is CNC(C)C1CCCCN1CC(=O)NC1CCOCC1. The van der Waals surface area contributed by atoms with Crippen LogP contribution in [0.3, 0.4) is 0 Å². The number of hydrogen-bond acceptors (Lipinski definition) is 4. The highest BCUT2D eigenvalue weighted by atomic mass is 16.5. The second kappa shape index (κ2) is 7.96. The van der Waals surface area contributed by atoms with Gasteiger partial charge in [0.25, 0.3) is 0 Å². The van der Waals surface area contributed by atoms with Crippen LogP contribution in [0.5, 0.6) is 0 Å². The Morgan fingerprint density at radius 1 is 1.30 bits per heavy atom. The summed E-state index contributed by atoms with van der Waals surface area (Å²) in [6, 6.07) is 1.22. The van der Waals surface area contributed by atoms with Crippen LogP contribution in [0.4, 0.5) is 0 Å². The fraction of sp³-hybridized carbons (Fsp3) is 0.933. The van der Waals surface area contributed by atoms with Crippen LogP contribution in [0.2, 0.25) is 0 Å². The first-order valence-corrected chi connectivity index (χ1v) is 7.99. The van der Waals surface area contributed by atoms with Crippen LogP contribution in [0.1, 0.15) is 39.0 Å². The Labute approximate surface area is 122 Å². The van der Waals surface area contributed by atoms with Crippen molar-refractivity contribution < 1.29 is 9.53 Å². The molecule has 1 amide bonds. The van der Waals surface area contributed by atoms with Crippen molar-refractivity contribution >= 4 is 5.91 Å². The van der Waals surface area contributed by atoms with E-state index < -0.39 is 0 Å². The van der Waals surface area contributed by atoms with Gasteiger partial charge in [-0.05, 0) is 46.2 Å². The molecular formula is C15H29N3O2. The van der Waals surface area contributed by atoms with Gasteiger partial charge >= 0.3 is 0 Å². The summed E-state index contributed by atoms with van der Waals surface area (Å²) in [5.41, 5.74) is 0. The lowest BCUT2D eigenvalue weighted by molar-refractivity contribution is -0.124. The highest BCUT2D eigenvalue weighted by molar-refractivity contribution is 5.78. The molecule has 0 aliphatic carbocycles. The van der Waals surface area contributed by atoms with Gasteiger partial charge in [0.2, 0.25) is 5.91 Å². The molecule has 0 bridgehead atoms. The molecule has 0 radical (unpaired) electrons. The number of hydrogen-bond donors (Lipinski definition) is 2. The average molecular weight is 283 g/mol. The van der Waals surface area contributed by atoms with Crippen molar-refractivity contribution in [3.8, 4) is 0 Å². The first-order chi connectivity index (χ1) is 9.70. The van der Waals surface area contributed by atoms with Crippen molar-refractivity contribution in [3.05, 3.63) is 0 Å². The summed E-state index contributed by atoms with van der Waals surface area (Å²) >= 11 is 0. The molecule has 2 rings (SSSR count). The molecule has 0 aromatic heterocycles. The molecule has 5 heteroatoms. The summed E-state index contributed by atoms with van der Waals surface area (Å²) in [5, 5.41) is 6.49. The van der Waals surface area contributed by atoms with Gasteiger partial charge in [0.05, 0.1) is 6.54 Å². The van der Waals surface area contributed by atoms with Gasteiger partial charge in [-0.2, -0.15) is 0 Å². The minimum atomic E-state index is 0.173. The van der Waals surface area contributed by atoms with E-state index in [4.69, 9.17) is 4.74 Å². The number of nitrogens with one attached hydrogen (secondary N) is 2. The predicted molar refractivity (Wildman–Crippen MR) is 79.7 cm³/mol. The zero-order chi connectivity index (χ0) is 14.4. The number of likely N-dealkylation sites (N-methyl/N-ethyl adjacent to an activating group) is 1. The fourth-order valence-electron chi connectivity index (χ4n) is 3.27. The maximum absolute atomic E-state index is 12.2. The number of ether oxygens (including phenoxy) is 1. The first kappa shape index (κ1) is 15.7. The van der Waals surface area contributed by atoms with Crippen LogP contribution in [0.25, 0.3) is 0 Å². The molecule has 0 spiro atoms. The molecule has 2 fully saturated rings. The number of piperidine rings is 1. The van der Waals surface area contributed by atoms with E-state index in [0.717, 1.165) is 32.6 Å². The molecule has 116 valence electrons. The van der Waals surface area contributed by atoms with Crippen molar-refractivity contribution in [1.82, 2.24) is 15.5 Å². The zero-order valence-electron chi connectivity index (χ0n) is 12.9. The smallest absolute Gasteiger partial charge is 0.234 e. The van der Waals surface area contributed by atoms with E-state index in [1.54, 1.807) is 0 Å². The summed E-state index contributed by atoms with van der Waals surface area (Å²) in [7, 11) is 2.00. The summed E-state index contributed by atoms with van der Waals surface area (Å²) in [5.74, 6) is 0.173. The largest absolute Gasteiger partial charge is 0.381 e. The van der Waals surface area contributed by atoms with Crippen LogP contribution in [-0.2, 0) is 9.53 Å². The van der Waals surface area contributed by atoms with Crippen molar-refractivity contribution in [1.29, 1.82) is 0 Å². The maximum atomic E-state index is 12.2. The highest BCUT2D eigenvalue weighted by Gasteiger charge is 2.28. The lowest BCUT2D eigenvalue weighted by atomic mass is 9.96. The van der Waals surface area contributed by atoms with Crippen molar-refractivity contribution in [2.24, 2.45) is 0 Å². The third kappa shape index (κ3) is 4.43. The zero-order valence-corrected chi connectivity index (χ0v) is 12.9. The van der Waals surface area contributed by atoms with Gasteiger partial charge < -0.3 is 15.4 Å². The Bertz CT molecular complexity index is 305. The molecule has 0 saturated carbocycles. The van der Waals surface area contributed by atoms with Crippen LogP contribution >= 0.6 is 0 Å². The number of carbonyl (C=O) groups is 1. The van der Waals surface area contributed by atoms with Crippen LogP contribution in [-0.4, -0.2) is 62.3 Å². The number of amides is 1. The van der Waals surface area contributed by atoms with E-state index in [2.05, 4.69) is 22.5 Å². The molecule has 2 saturated heterocycles. The molecule has 2 heterocycles. The van der Waals surface area contributed by atoms with E-state index in [9.17, 15) is 4.79 Å². The molecule has 2 N–H and O–H groups in total. The van der Waals surface area contributed by atoms with E-state index in [0.29, 0.717) is 24.7 Å². The Hall–Kier alpha value is -0.650. The van der Waals surface area contributed by atoms with Crippen LogP contribution in [0, 0.1) is 0 Å². The molecule has 5 nitrogen and oxygen atoms in total. The van der Waals surface area contributed by atoms with E-state index in [1.807, 2.05) is 7.05 Å². The molecule has 2 aliphatic heterocycles. The molecule has 2 aliphatic rings. The Balaban J connectivity index is 1.81. The summed E-state index contributed by atoms with van der Waals surface area (Å²) in [6.45, 7) is 5.33. The minimum absolute atomic E-state index is 0.173. The van der Waals surface area contributed by atoms with Crippen LogP contribution in [0.15, 0.2) is 0 Å². The molecular weight excluding hydrogens is 254 g/mol. The Morgan fingerprint density at radius 2 is 2.05 bits per heavy atom. The second-order valence-electron chi connectivity index (χ2n) is 6.07. The third-order valence-corrected chi connectivity index (χ3v) is 4.63. The third-order valence-electron chi connectivity index (χ3n) is 4.63. The van der Waals surface area contributed by atoms with Crippen LogP contribution < -0.4 is 10.6 Å². The van der Waals surface area contributed by atoms with Gasteiger partial charge in [0.15, 0.2) is 0 Å². The lowest BCUT2D eigenvalue weighted by Gasteiger charge is -2.39. The maximum Gasteiger partial charge on any atom is 0.234 e. The highest BCUT2D eigenvalue weighted by Crippen LogP contribution is 2.19. The lowest BCUT2D eigenvalue weighted by Crippen LogP contribution is -2.54. The topological polar surface area (TPSA) is 53.6 Å². The number of carbonyl (C=O) groups excluding carboxylic acids is 1. The normalized spacial score (nSPS) is 27.2. The number of likely N-dealkylation sites (tertiary alicyclic amines) is 1. The van der Waals surface area contributed by atoms with E-state index in [-0.39, 0.29) is 5.91 Å². The molecule has 2 atom stereocenters. The predicted octanol–water partition coefficient (Wildman–Crippen LogP) is 0.744. The molecule has 0 aromatic rings. The van der Waals surface area contributed by atoms with E-state index >= 15 is 0 Å². The number of nitrogens with zero attached hydrogens (tertiary/aromatic N) is 1. The Morgan fingerprint density at radius 3 is 2.75 bits per heavy atom. The molecule has 0 aromatic carbocycles. The van der Waals surface area contributed by atoms with Gasteiger partial charge in [0.1, 0.15) is 0 Å². The summed E-state index contributed by atoms with van der Waals surface area (Å²) in [4.78, 5) is 14.6. The van der Waals surface area contributed by atoms with Crippen molar-refractivity contribution in [2.45, 2.75) is 57.2 Å². The van der Waals surface area contributed by atoms with Gasteiger partial charge in [-0.3, -0.25) is 9.69 Å². The number of rotatable bonds is 5. The quantitative estimate of drug-likeness (QED) is 0.781. The summed E-state index contributed by atoms with van der Waals surface area (Å²) in [6.07, 6.45) is 5.56. The Kier molecular flexibility index (Phi) is 6.26. The second-order valence-corrected chi connectivity index (χ2v) is 6.07. The van der Waals surface area contributed by atoms with Gasteiger partial charge in [0, 0.05) is 31.3 Å². The van der Waals surface area contributed by atoms with E-state index in [1.165, 1.54) is 19.3 Å². The van der Waals surface area contributed by atoms with Gasteiger partial charge in [-0.1, -0.05) is 6.42 Å².